The molecule has 2 heteroatoms. The molecule has 17 heavy (non-hydrogen) atoms. The summed E-state index contributed by atoms with van der Waals surface area (Å²) in [6.07, 6.45) is 7.29. The van der Waals surface area contributed by atoms with Gasteiger partial charge in [0.05, 0.1) is 0 Å². The molecule has 0 heterocycles. The molecule has 0 radical (unpaired) electrons. The zero-order valence-corrected chi connectivity index (χ0v) is 11.3. The van der Waals surface area contributed by atoms with Crippen LogP contribution in [0.4, 0.5) is 0 Å². The van der Waals surface area contributed by atoms with Gasteiger partial charge in [0.15, 0.2) is 5.78 Å². The summed E-state index contributed by atoms with van der Waals surface area (Å²) in [5.74, 6) is 0.268. The third-order valence-electron chi connectivity index (χ3n) is 3.35. The molecule has 0 saturated heterocycles. The van der Waals surface area contributed by atoms with E-state index in [1.54, 1.807) is 0 Å². The first kappa shape index (κ1) is 12.7. The standard InChI is InChI=1S/C15H20OS/c1-2-14(16)13-10-6-7-11-15(13)17-12-8-4-3-5-9-12/h6-7,10-12H,2-5,8-9H2,1H3. The molecule has 1 aromatic carbocycles. The highest BCUT2D eigenvalue weighted by Crippen LogP contribution is 2.35. The van der Waals surface area contributed by atoms with E-state index in [1.807, 2.05) is 36.9 Å². The molecule has 1 aromatic rings. The van der Waals surface area contributed by atoms with Crippen molar-refractivity contribution in [3.8, 4) is 0 Å². The Balaban J connectivity index is 2.11. The fraction of sp³-hybridized carbons (Fsp3) is 0.533. The van der Waals surface area contributed by atoms with Crippen LogP contribution in [0.5, 0.6) is 0 Å². The van der Waals surface area contributed by atoms with Gasteiger partial charge in [0.25, 0.3) is 0 Å². The highest BCUT2D eigenvalue weighted by Gasteiger charge is 2.17. The maximum absolute atomic E-state index is 11.9. The number of Topliss-reactive ketones (excluding diaryl/α,β-unsaturated/α-hetero) is 1. The van der Waals surface area contributed by atoms with E-state index >= 15 is 0 Å². The van der Waals surface area contributed by atoms with Crippen molar-refractivity contribution >= 4 is 17.5 Å². The Morgan fingerprint density at radius 3 is 2.65 bits per heavy atom. The summed E-state index contributed by atoms with van der Waals surface area (Å²) in [7, 11) is 0. The Hall–Kier alpha value is -0.760. The average Bonchev–Trinajstić information content (AvgIpc) is 2.40. The van der Waals surface area contributed by atoms with E-state index in [9.17, 15) is 4.79 Å². The van der Waals surface area contributed by atoms with Gasteiger partial charge in [-0.2, -0.15) is 0 Å². The van der Waals surface area contributed by atoms with Gasteiger partial charge >= 0.3 is 0 Å². The maximum Gasteiger partial charge on any atom is 0.163 e. The second-order valence-electron chi connectivity index (χ2n) is 4.65. The fourth-order valence-electron chi connectivity index (χ4n) is 2.35. The topological polar surface area (TPSA) is 17.1 Å². The molecule has 1 saturated carbocycles. The second kappa shape index (κ2) is 6.25. The molecule has 0 aromatic heterocycles. The summed E-state index contributed by atoms with van der Waals surface area (Å²) in [4.78, 5) is 13.0. The van der Waals surface area contributed by atoms with Gasteiger partial charge in [-0.25, -0.2) is 0 Å². The Kier molecular flexibility index (Phi) is 4.66. The van der Waals surface area contributed by atoms with Gasteiger partial charge < -0.3 is 0 Å². The number of thioether (sulfide) groups is 1. The largest absolute Gasteiger partial charge is 0.294 e. The summed E-state index contributed by atoms with van der Waals surface area (Å²) in [6.45, 7) is 1.93. The van der Waals surface area contributed by atoms with E-state index in [-0.39, 0.29) is 5.78 Å². The lowest BCUT2D eigenvalue weighted by Crippen LogP contribution is -2.09. The zero-order valence-electron chi connectivity index (χ0n) is 10.4. The third-order valence-corrected chi connectivity index (χ3v) is 4.77. The van der Waals surface area contributed by atoms with Crippen LogP contribution in [-0.2, 0) is 0 Å². The highest BCUT2D eigenvalue weighted by molar-refractivity contribution is 8.00. The summed E-state index contributed by atoms with van der Waals surface area (Å²) < 4.78 is 0. The summed E-state index contributed by atoms with van der Waals surface area (Å²) >= 11 is 1.91. The van der Waals surface area contributed by atoms with Crippen molar-refractivity contribution < 1.29 is 4.79 Å². The Morgan fingerprint density at radius 1 is 1.24 bits per heavy atom. The molecular weight excluding hydrogens is 228 g/mol. The summed E-state index contributed by atoms with van der Waals surface area (Å²) in [6, 6.07) is 8.07. The maximum atomic E-state index is 11.9. The van der Waals surface area contributed by atoms with Gasteiger partial charge in [0, 0.05) is 22.1 Å². The van der Waals surface area contributed by atoms with Crippen molar-refractivity contribution in [2.75, 3.05) is 0 Å². The minimum absolute atomic E-state index is 0.268. The number of carbonyl (C=O) groups is 1. The van der Waals surface area contributed by atoms with Gasteiger partial charge in [0.2, 0.25) is 0 Å². The Labute approximate surface area is 108 Å². The third kappa shape index (κ3) is 3.35. The van der Waals surface area contributed by atoms with Crippen LogP contribution in [0.15, 0.2) is 29.2 Å². The smallest absolute Gasteiger partial charge is 0.163 e. The Bertz CT molecular complexity index is 380. The van der Waals surface area contributed by atoms with Crippen LogP contribution in [0, 0.1) is 0 Å². The highest BCUT2D eigenvalue weighted by atomic mass is 32.2. The molecule has 0 atom stereocenters. The van der Waals surface area contributed by atoms with Crippen molar-refractivity contribution in [3.63, 3.8) is 0 Å². The zero-order chi connectivity index (χ0) is 12.1. The first-order chi connectivity index (χ1) is 8.31. The van der Waals surface area contributed by atoms with Crippen LogP contribution >= 0.6 is 11.8 Å². The van der Waals surface area contributed by atoms with E-state index in [1.165, 1.54) is 37.0 Å². The molecule has 2 rings (SSSR count). The van der Waals surface area contributed by atoms with Crippen LogP contribution in [0.25, 0.3) is 0 Å². The monoisotopic (exact) mass is 248 g/mol. The van der Waals surface area contributed by atoms with Crippen molar-refractivity contribution in [1.82, 2.24) is 0 Å². The van der Waals surface area contributed by atoms with Gasteiger partial charge in [-0.05, 0) is 18.9 Å². The van der Waals surface area contributed by atoms with Gasteiger partial charge in [-0.15, -0.1) is 11.8 Å². The molecule has 0 amide bonds. The molecule has 1 nitrogen and oxygen atoms in total. The van der Waals surface area contributed by atoms with Crippen LogP contribution in [0.1, 0.15) is 55.8 Å². The molecule has 0 spiro atoms. The minimum atomic E-state index is 0.268. The molecular formula is C15H20OS. The lowest BCUT2D eigenvalue weighted by Gasteiger charge is -2.21. The van der Waals surface area contributed by atoms with Crippen LogP contribution in [0.2, 0.25) is 0 Å². The number of hydrogen-bond donors (Lipinski definition) is 0. The normalized spacial score (nSPS) is 17.0. The Morgan fingerprint density at radius 2 is 1.94 bits per heavy atom. The lowest BCUT2D eigenvalue weighted by atomic mass is 10.0. The molecule has 1 aliphatic carbocycles. The van der Waals surface area contributed by atoms with Crippen molar-refractivity contribution in [1.29, 1.82) is 0 Å². The second-order valence-corrected chi connectivity index (χ2v) is 5.99. The molecule has 1 fully saturated rings. The summed E-state index contributed by atoms with van der Waals surface area (Å²) in [5.41, 5.74) is 0.922. The van der Waals surface area contributed by atoms with Crippen molar-refractivity contribution in [2.24, 2.45) is 0 Å². The SMILES string of the molecule is CCC(=O)c1ccccc1SC1CCCCC1. The van der Waals surface area contributed by atoms with Crippen molar-refractivity contribution in [2.45, 2.75) is 55.6 Å². The first-order valence-electron chi connectivity index (χ1n) is 6.60. The van der Waals surface area contributed by atoms with E-state index in [0.29, 0.717) is 6.42 Å². The van der Waals surface area contributed by atoms with Crippen molar-refractivity contribution in [3.05, 3.63) is 29.8 Å². The lowest BCUT2D eigenvalue weighted by molar-refractivity contribution is 0.0985. The number of carbonyl (C=O) groups excluding carboxylic acids is 1. The van der Waals surface area contributed by atoms with E-state index in [0.717, 1.165) is 10.8 Å². The minimum Gasteiger partial charge on any atom is -0.294 e. The van der Waals surface area contributed by atoms with Crippen LogP contribution < -0.4 is 0 Å². The molecule has 0 unspecified atom stereocenters. The molecule has 0 N–H and O–H groups in total. The molecule has 0 aliphatic heterocycles. The molecule has 92 valence electrons. The predicted molar refractivity (Wildman–Crippen MR) is 73.8 cm³/mol. The molecule has 0 bridgehead atoms. The number of ketones is 1. The number of rotatable bonds is 4. The van der Waals surface area contributed by atoms with Gasteiger partial charge in [-0.3, -0.25) is 4.79 Å². The average molecular weight is 248 g/mol. The van der Waals surface area contributed by atoms with Gasteiger partial charge in [-0.1, -0.05) is 44.4 Å². The quantitative estimate of drug-likeness (QED) is 0.718. The van der Waals surface area contributed by atoms with Crippen LogP contribution in [-0.4, -0.2) is 11.0 Å². The van der Waals surface area contributed by atoms with E-state index in [2.05, 4.69) is 6.07 Å². The van der Waals surface area contributed by atoms with Gasteiger partial charge in [0.1, 0.15) is 0 Å². The molecule has 1 aliphatic rings. The fourth-order valence-corrected chi connectivity index (χ4v) is 3.75. The predicted octanol–water partition coefficient (Wildman–Crippen LogP) is 4.70. The summed E-state index contributed by atoms with van der Waals surface area (Å²) in [5, 5.41) is 0.717. The van der Waals surface area contributed by atoms with E-state index in [4.69, 9.17) is 0 Å². The van der Waals surface area contributed by atoms with Crippen LogP contribution in [0.3, 0.4) is 0 Å². The van der Waals surface area contributed by atoms with E-state index < -0.39 is 0 Å². The number of benzene rings is 1. The number of hydrogen-bond acceptors (Lipinski definition) is 2. The first-order valence-corrected chi connectivity index (χ1v) is 7.48.